The van der Waals surface area contributed by atoms with Crippen molar-refractivity contribution in [3.63, 3.8) is 0 Å². The maximum atomic E-state index is 14.2. The van der Waals surface area contributed by atoms with Gasteiger partial charge in [0.15, 0.2) is 11.5 Å². The van der Waals surface area contributed by atoms with E-state index in [4.69, 9.17) is 16.3 Å². The number of nitrogens with one attached hydrogen (secondary N) is 2. The summed E-state index contributed by atoms with van der Waals surface area (Å²) in [6.45, 7) is 0. The Hall–Kier alpha value is -4.24. The van der Waals surface area contributed by atoms with Crippen molar-refractivity contribution in [2.75, 3.05) is 5.32 Å². The van der Waals surface area contributed by atoms with Gasteiger partial charge in [0, 0.05) is 23.9 Å². The summed E-state index contributed by atoms with van der Waals surface area (Å²) in [5.74, 6) is -0.978. The highest BCUT2D eigenvalue weighted by Gasteiger charge is 2.49. The van der Waals surface area contributed by atoms with Crippen LogP contribution < -0.4 is 20.1 Å². The Balaban J connectivity index is 1.67. The molecule has 6 nitrogen and oxygen atoms in total. The lowest BCUT2D eigenvalue weighted by Gasteiger charge is -2.36. The van der Waals surface area contributed by atoms with Gasteiger partial charge in [0.2, 0.25) is 0 Å². The van der Waals surface area contributed by atoms with Crippen LogP contribution in [0.2, 0.25) is 5.02 Å². The van der Waals surface area contributed by atoms with E-state index in [2.05, 4.69) is 20.4 Å². The summed E-state index contributed by atoms with van der Waals surface area (Å²) in [5, 5.41) is 5.83. The molecule has 2 amide bonds. The largest absolute Gasteiger partial charge is 0.586 e. The van der Waals surface area contributed by atoms with Gasteiger partial charge in [-0.2, -0.15) is 0 Å². The van der Waals surface area contributed by atoms with E-state index >= 15 is 0 Å². The third-order valence-corrected chi connectivity index (χ3v) is 6.00. The van der Waals surface area contributed by atoms with Gasteiger partial charge in [0.1, 0.15) is 11.4 Å². The third-order valence-electron chi connectivity index (χ3n) is 5.77. The monoisotopic (exact) mass is 525 g/mol. The summed E-state index contributed by atoms with van der Waals surface area (Å²) in [6.07, 6.45) is -2.42. The molecular formula is C27H19ClF3N3O3. The summed E-state index contributed by atoms with van der Waals surface area (Å²) < 4.78 is 51.6. The summed E-state index contributed by atoms with van der Waals surface area (Å²) in [6, 6.07) is 21.3. The second-order valence-corrected chi connectivity index (χ2v) is 8.76. The van der Waals surface area contributed by atoms with Crippen LogP contribution in [-0.4, -0.2) is 17.3 Å². The maximum Gasteiger partial charge on any atom is 0.586 e. The first kappa shape index (κ1) is 24.5. The van der Waals surface area contributed by atoms with Crippen molar-refractivity contribution in [1.82, 2.24) is 10.3 Å². The lowest BCUT2D eigenvalue weighted by Crippen LogP contribution is -2.50. The van der Waals surface area contributed by atoms with Gasteiger partial charge in [0.25, 0.3) is 0 Å². The van der Waals surface area contributed by atoms with Crippen LogP contribution in [0.1, 0.15) is 16.8 Å². The minimum Gasteiger partial charge on any atom is -0.395 e. The Labute approximate surface area is 215 Å². The van der Waals surface area contributed by atoms with Crippen LogP contribution in [0.5, 0.6) is 11.5 Å². The molecule has 1 aliphatic heterocycles. The van der Waals surface area contributed by atoms with E-state index < -0.39 is 23.7 Å². The summed E-state index contributed by atoms with van der Waals surface area (Å²) in [4.78, 5) is 17.8. The molecule has 0 aliphatic carbocycles. The summed E-state index contributed by atoms with van der Waals surface area (Å²) in [5.41, 5.74) is -0.121. The molecule has 0 saturated carbocycles. The number of anilines is 1. The number of carbonyl (C=O) groups is 1. The number of amides is 2. The van der Waals surface area contributed by atoms with Crippen LogP contribution >= 0.6 is 11.6 Å². The molecule has 4 aromatic rings. The first-order valence-electron chi connectivity index (χ1n) is 11.1. The fraction of sp³-hybridized carbons (Fsp3) is 0.111. The highest BCUT2D eigenvalue weighted by Crippen LogP contribution is 2.48. The van der Waals surface area contributed by atoms with Crippen molar-refractivity contribution in [3.8, 4) is 11.5 Å². The number of pyridine rings is 1. The molecule has 1 atom stereocenters. The number of fused-ring (bicyclic) bond motifs is 1. The first-order chi connectivity index (χ1) is 17.7. The number of carbonyl (C=O) groups excluding carboxylic acids is 1. The second-order valence-electron chi connectivity index (χ2n) is 8.32. The quantitative estimate of drug-likeness (QED) is 0.301. The van der Waals surface area contributed by atoms with Gasteiger partial charge in [-0.15, -0.1) is 8.78 Å². The number of benzene rings is 3. The van der Waals surface area contributed by atoms with Crippen LogP contribution in [0.4, 0.5) is 23.7 Å². The summed E-state index contributed by atoms with van der Waals surface area (Å²) in [7, 11) is 0. The molecule has 5 rings (SSSR count). The van der Waals surface area contributed by atoms with Crippen LogP contribution in [0.3, 0.4) is 0 Å². The number of nitrogens with zero attached hydrogens (tertiary/aromatic N) is 1. The van der Waals surface area contributed by atoms with Crippen molar-refractivity contribution in [2.24, 2.45) is 0 Å². The van der Waals surface area contributed by atoms with Crippen LogP contribution in [0.25, 0.3) is 0 Å². The number of alkyl halides is 2. The molecule has 188 valence electrons. The van der Waals surface area contributed by atoms with E-state index in [1.807, 2.05) is 30.3 Å². The highest BCUT2D eigenvalue weighted by atomic mass is 35.5. The molecule has 2 N–H and O–H groups in total. The second kappa shape index (κ2) is 9.67. The Morgan fingerprint density at radius 2 is 1.76 bits per heavy atom. The Morgan fingerprint density at radius 3 is 2.49 bits per heavy atom. The Morgan fingerprint density at radius 1 is 0.973 bits per heavy atom. The van der Waals surface area contributed by atoms with E-state index in [0.717, 1.165) is 11.6 Å². The predicted molar refractivity (Wildman–Crippen MR) is 131 cm³/mol. The van der Waals surface area contributed by atoms with Gasteiger partial charge in [-0.25, -0.2) is 9.18 Å². The fourth-order valence-electron chi connectivity index (χ4n) is 4.26. The van der Waals surface area contributed by atoms with Crippen molar-refractivity contribution in [2.45, 2.75) is 18.3 Å². The van der Waals surface area contributed by atoms with Gasteiger partial charge in [-0.1, -0.05) is 60.1 Å². The number of urea groups is 1. The molecule has 0 saturated heterocycles. The van der Waals surface area contributed by atoms with E-state index in [0.29, 0.717) is 10.7 Å². The fourth-order valence-corrected chi connectivity index (χ4v) is 4.37. The molecule has 10 heteroatoms. The minimum atomic E-state index is -3.89. The lowest BCUT2D eigenvalue weighted by molar-refractivity contribution is -0.287. The molecule has 1 aliphatic rings. The molecule has 0 spiro atoms. The molecule has 1 aromatic heterocycles. The number of para-hydroxylation sites is 1. The molecule has 0 unspecified atom stereocenters. The summed E-state index contributed by atoms with van der Waals surface area (Å²) >= 11 is 6.09. The van der Waals surface area contributed by atoms with Crippen molar-refractivity contribution in [3.05, 3.63) is 119 Å². The molecule has 0 fully saturated rings. The average Bonchev–Trinajstić information content (AvgIpc) is 3.18. The van der Waals surface area contributed by atoms with E-state index in [-0.39, 0.29) is 29.2 Å². The smallest absolute Gasteiger partial charge is 0.395 e. The third kappa shape index (κ3) is 5.17. The van der Waals surface area contributed by atoms with Crippen molar-refractivity contribution >= 4 is 23.3 Å². The highest BCUT2D eigenvalue weighted by molar-refractivity contribution is 6.30. The number of aromatic nitrogens is 1. The Bertz CT molecular complexity index is 1440. The van der Waals surface area contributed by atoms with Crippen LogP contribution in [-0.2, 0) is 12.0 Å². The zero-order chi connectivity index (χ0) is 26.0. The zero-order valence-corrected chi connectivity index (χ0v) is 19.8. The topological polar surface area (TPSA) is 72.5 Å². The number of ether oxygens (including phenoxy) is 2. The van der Waals surface area contributed by atoms with Crippen LogP contribution in [0.15, 0.2) is 91.1 Å². The average molecular weight is 526 g/mol. The standard InChI is InChI=1S/C27H19ClF3N3O3/c28-18-12-13-23(32-16-18)26(15-17-6-2-1-3-7-17,34-25(35)33-20-9-4-8-19(29)14-20)21-10-5-11-22-24(21)37-27(30,31)36-22/h1-14,16H,15H2,(H2,33,34,35)/t26-/m1/s1. The number of hydrogen-bond donors (Lipinski definition) is 2. The zero-order valence-electron chi connectivity index (χ0n) is 19.1. The van der Waals surface area contributed by atoms with Gasteiger partial charge in [0.05, 0.1) is 10.7 Å². The number of hydrogen-bond acceptors (Lipinski definition) is 4. The molecule has 0 radical (unpaired) electrons. The molecule has 37 heavy (non-hydrogen) atoms. The van der Waals surface area contributed by atoms with E-state index in [1.54, 1.807) is 18.2 Å². The van der Waals surface area contributed by atoms with Crippen molar-refractivity contribution < 1.29 is 27.4 Å². The molecule has 3 aromatic carbocycles. The van der Waals surface area contributed by atoms with Gasteiger partial charge >= 0.3 is 12.3 Å². The lowest BCUT2D eigenvalue weighted by atomic mass is 9.80. The van der Waals surface area contributed by atoms with Gasteiger partial charge < -0.3 is 20.1 Å². The maximum absolute atomic E-state index is 14.2. The normalized spacial score (nSPS) is 15.0. The Kier molecular flexibility index (Phi) is 6.39. The SMILES string of the molecule is O=C(Nc1cccc(F)c1)N[C@@](Cc1ccccc1)(c1ccc(Cl)cn1)c1cccc2c1OC(F)(F)O2. The van der Waals surface area contributed by atoms with Crippen LogP contribution in [0, 0.1) is 5.82 Å². The number of rotatable bonds is 6. The van der Waals surface area contributed by atoms with E-state index in [1.165, 1.54) is 36.5 Å². The molecule has 0 bridgehead atoms. The molecule has 2 heterocycles. The van der Waals surface area contributed by atoms with Crippen molar-refractivity contribution in [1.29, 1.82) is 0 Å². The predicted octanol–water partition coefficient (Wildman–Crippen LogP) is 6.50. The first-order valence-corrected chi connectivity index (χ1v) is 11.5. The molecular weight excluding hydrogens is 507 g/mol. The van der Waals surface area contributed by atoms with Gasteiger partial charge in [-0.3, -0.25) is 4.98 Å². The van der Waals surface area contributed by atoms with E-state index in [9.17, 15) is 18.0 Å². The number of halogens is 4. The van der Waals surface area contributed by atoms with Gasteiger partial charge in [-0.05, 0) is 42.0 Å². The minimum absolute atomic E-state index is 0.0877.